The van der Waals surface area contributed by atoms with Crippen LogP contribution in [0.4, 0.5) is 23.0 Å². The predicted octanol–water partition coefficient (Wildman–Crippen LogP) is 5.10. The molecule has 0 aliphatic heterocycles. The molecule has 0 saturated carbocycles. The number of rotatable bonds is 13. The molecule has 1 aromatic heterocycles. The van der Waals surface area contributed by atoms with Gasteiger partial charge in [0.05, 0.1) is 23.4 Å². The van der Waals surface area contributed by atoms with Gasteiger partial charge in [-0.05, 0) is 50.2 Å². The number of methoxy groups -OCH3 is 1. The van der Waals surface area contributed by atoms with Crippen molar-refractivity contribution < 1.29 is 9.66 Å². The van der Waals surface area contributed by atoms with Crippen LogP contribution in [0.25, 0.3) is 11.1 Å². The van der Waals surface area contributed by atoms with Crippen molar-refractivity contribution in [3.05, 3.63) is 87.4 Å². The summed E-state index contributed by atoms with van der Waals surface area (Å²) < 4.78 is 5.60. The van der Waals surface area contributed by atoms with E-state index >= 15 is 0 Å². The molecule has 0 aliphatic carbocycles. The first kappa shape index (κ1) is 30.8. The number of hydrogen-bond acceptors (Lipinski definition) is 10. The maximum atomic E-state index is 12.0. The Labute approximate surface area is 241 Å². The topological polar surface area (TPSA) is 147 Å². The number of nitro benzene ring substituents is 1. The van der Waals surface area contributed by atoms with Gasteiger partial charge in [-0.1, -0.05) is 31.2 Å². The smallest absolute Gasteiger partial charge is 0.294 e. The molecule has 2 aromatic carbocycles. The third-order valence-electron chi connectivity index (χ3n) is 6.70. The first-order valence-electron chi connectivity index (χ1n) is 13.2. The molecule has 3 rings (SSSR count). The van der Waals surface area contributed by atoms with E-state index in [4.69, 9.17) is 20.9 Å². The number of allylic oxidation sites excluding steroid dienone is 2. The number of aryl methyl sites for hydroxylation is 1. The van der Waals surface area contributed by atoms with Crippen LogP contribution in [-0.4, -0.2) is 67.3 Å². The van der Waals surface area contributed by atoms with Crippen LogP contribution in [0.15, 0.2) is 54.9 Å². The van der Waals surface area contributed by atoms with Gasteiger partial charge in [0.25, 0.3) is 5.69 Å². The second-order valence-corrected chi connectivity index (χ2v) is 9.61. The molecule has 0 fully saturated rings. The lowest BCUT2D eigenvalue weighted by atomic mass is 9.92. The van der Waals surface area contributed by atoms with Gasteiger partial charge in [-0.15, -0.1) is 0 Å². The summed E-state index contributed by atoms with van der Waals surface area (Å²) >= 11 is 0. The molecular formula is C30H38N8O3. The first-order chi connectivity index (χ1) is 19.7. The maximum absolute atomic E-state index is 12.0. The molecule has 0 bridgehead atoms. The zero-order valence-corrected chi connectivity index (χ0v) is 24.4. The summed E-state index contributed by atoms with van der Waals surface area (Å²) in [5.41, 5.74) is 11.7. The van der Waals surface area contributed by atoms with Gasteiger partial charge in [-0.3, -0.25) is 10.1 Å². The molecule has 0 atom stereocenters. The van der Waals surface area contributed by atoms with Crippen molar-refractivity contribution in [1.29, 1.82) is 5.41 Å². The molecule has 0 unspecified atom stereocenters. The average molecular weight is 559 g/mol. The molecule has 4 N–H and O–H groups in total. The highest BCUT2D eigenvalue weighted by Crippen LogP contribution is 2.39. The zero-order chi connectivity index (χ0) is 30.1. The van der Waals surface area contributed by atoms with E-state index in [0.717, 1.165) is 35.2 Å². The van der Waals surface area contributed by atoms with E-state index in [1.807, 2.05) is 68.2 Å². The van der Waals surface area contributed by atoms with Crippen molar-refractivity contribution in [1.82, 2.24) is 14.9 Å². The molecule has 0 amide bonds. The van der Waals surface area contributed by atoms with E-state index in [0.29, 0.717) is 34.9 Å². The number of nitrogens with zero attached hydrogens (tertiary/aromatic N) is 5. The highest BCUT2D eigenvalue weighted by Gasteiger charge is 2.22. The van der Waals surface area contributed by atoms with E-state index < -0.39 is 4.92 Å². The van der Waals surface area contributed by atoms with Gasteiger partial charge in [0.15, 0.2) is 0 Å². The van der Waals surface area contributed by atoms with Crippen molar-refractivity contribution in [2.24, 2.45) is 5.73 Å². The van der Waals surface area contributed by atoms with Crippen LogP contribution in [0, 0.1) is 15.5 Å². The molecule has 41 heavy (non-hydrogen) atoms. The second kappa shape index (κ2) is 14.0. The summed E-state index contributed by atoms with van der Waals surface area (Å²) in [5, 5.41) is 22.8. The summed E-state index contributed by atoms with van der Waals surface area (Å²) in [6, 6.07) is 10.9. The molecule has 0 radical (unpaired) electrons. The minimum atomic E-state index is -0.402. The highest BCUT2D eigenvalue weighted by atomic mass is 16.6. The normalized spacial score (nSPS) is 11.9. The Hall–Kier alpha value is -4.77. The molecule has 11 heteroatoms. The van der Waals surface area contributed by atoms with Gasteiger partial charge in [0.1, 0.15) is 11.4 Å². The summed E-state index contributed by atoms with van der Waals surface area (Å²) in [4.78, 5) is 24.6. The highest BCUT2D eigenvalue weighted by molar-refractivity contribution is 6.08. The number of ether oxygens (including phenoxy) is 1. The average Bonchev–Trinajstić information content (AvgIpc) is 2.97. The van der Waals surface area contributed by atoms with Gasteiger partial charge in [-0.25, -0.2) is 9.97 Å². The molecule has 0 saturated heterocycles. The molecular weight excluding hydrogens is 520 g/mol. The van der Waals surface area contributed by atoms with Crippen molar-refractivity contribution >= 4 is 40.4 Å². The van der Waals surface area contributed by atoms with Crippen molar-refractivity contribution in [2.45, 2.75) is 20.3 Å². The van der Waals surface area contributed by atoms with Crippen LogP contribution in [0.5, 0.6) is 5.75 Å². The molecule has 3 aromatic rings. The number of nitrogens with two attached hydrogens (primary N) is 1. The third kappa shape index (κ3) is 7.25. The van der Waals surface area contributed by atoms with Crippen molar-refractivity contribution in [3.8, 4) is 5.75 Å². The first-order valence-corrected chi connectivity index (χ1v) is 13.2. The fraction of sp³-hybridized carbons (Fsp3) is 0.300. The van der Waals surface area contributed by atoms with Crippen LogP contribution >= 0.6 is 0 Å². The van der Waals surface area contributed by atoms with Gasteiger partial charge in [-0.2, -0.15) is 0 Å². The summed E-state index contributed by atoms with van der Waals surface area (Å²) in [6.07, 6.45) is 7.06. The Kier molecular flexibility index (Phi) is 10.5. The predicted molar refractivity (Wildman–Crippen MR) is 166 cm³/mol. The second-order valence-electron chi connectivity index (χ2n) is 9.61. The largest absolute Gasteiger partial charge is 0.494 e. The van der Waals surface area contributed by atoms with Crippen LogP contribution in [-0.2, 0) is 6.42 Å². The van der Waals surface area contributed by atoms with Crippen LogP contribution in [0.3, 0.4) is 0 Å². The summed E-state index contributed by atoms with van der Waals surface area (Å²) in [7, 11) is 7.24. The van der Waals surface area contributed by atoms with Crippen LogP contribution in [0.2, 0.25) is 0 Å². The number of benzene rings is 2. The molecule has 216 valence electrons. The lowest BCUT2D eigenvalue weighted by molar-refractivity contribution is -0.384. The van der Waals surface area contributed by atoms with E-state index in [9.17, 15) is 10.1 Å². The fourth-order valence-corrected chi connectivity index (χ4v) is 4.43. The summed E-state index contributed by atoms with van der Waals surface area (Å²) in [6.45, 7) is 5.35. The van der Waals surface area contributed by atoms with Crippen LogP contribution < -0.4 is 20.7 Å². The third-order valence-corrected chi connectivity index (χ3v) is 6.70. The Morgan fingerprint density at radius 2 is 1.95 bits per heavy atom. The van der Waals surface area contributed by atoms with Gasteiger partial charge in [0, 0.05) is 62.0 Å². The van der Waals surface area contributed by atoms with Gasteiger partial charge in [0.2, 0.25) is 5.95 Å². The Bertz CT molecular complexity index is 1470. The van der Waals surface area contributed by atoms with E-state index in [2.05, 4.69) is 17.2 Å². The minimum absolute atomic E-state index is 0.0525. The zero-order valence-electron chi connectivity index (χ0n) is 24.4. The monoisotopic (exact) mass is 558 g/mol. The van der Waals surface area contributed by atoms with Crippen LogP contribution in [0.1, 0.15) is 36.2 Å². The van der Waals surface area contributed by atoms with Gasteiger partial charge >= 0.3 is 0 Å². The number of anilines is 3. The van der Waals surface area contributed by atoms with Gasteiger partial charge < -0.3 is 31.0 Å². The van der Waals surface area contributed by atoms with E-state index in [1.165, 1.54) is 25.6 Å². The number of hydrogen-bond donors (Lipinski definition) is 3. The Morgan fingerprint density at radius 1 is 1.20 bits per heavy atom. The van der Waals surface area contributed by atoms with E-state index in [1.54, 1.807) is 12.3 Å². The quantitative estimate of drug-likeness (QED) is 0.148. The van der Waals surface area contributed by atoms with Crippen molar-refractivity contribution in [3.63, 3.8) is 0 Å². The molecule has 0 spiro atoms. The van der Waals surface area contributed by atoms with Crippen molar-refractivity contribution in [2.75, 3.05) is 51.6 Å². The minimum Gasteiger partial charge on any atom is -0.494 e. The number of likely N-dealkylation sites (N-methyl/N-ethyl adjacent to an activating group) is 2. The Morgan fingerprint density at radius 3 is 2.54 bits per heavy atom. The number of aromatic nitrogens is 2. The molecule has 11 nitrogen and oxygen atoms in total. The standard InChI is InChI=1S/C30H38N8O3/c1-7-20-15-21(22(18-31)19-32)9-10-24(20)23(8-2)25-11-12-33-30(34-25)35-26-16-28(38(39)40)27(17-29(26)41-6)37(5)14-13-36(3)4/h8-12,15-19,31H,7,13-14,32H2,1-6H3,(H,33,34,35)/b22-19+,23-8+,31-18?. The fourth-order valence-electron chi connectivity index (χ4n) is 4.43. The van der Waals surface area contributed by atoms with E-state index in [-0.39, 0.29) is 11.6 Å². The number of nitrogens with one attached hydrogen (secondary N) is 2. The lowest BCUT2D eigenvalue weighted by Crippen LogP contribution is -2.28. The SMILES string of the molecule is C/C=C(/c1ccnc(Nc2cc([N+](=O)[O-])c(N(C)CCN(C)C)cc2OC)n1)c1ccc(/C(C=N)=C/N)cc1CC. The molecule has 0 aliphatic rings. The number of nitro groups is 1. The summed E-state index contributed by atoms with van der Waals surface area (Å²) in [5.74, 6) is 0.705. The molecule has 1 heterocycles. The maximum Gasteiger partial charge on any atom is 0.294 e. The Balaban J connectivity index is 2.00. The lowest BCUT2D eigenvalue weighted by Gasteiger charge is -2.22.